The zero-order chi connectivity index (χ0) is 14.1. The van der Waals surface area contributed by atoms with Gasteiger partial charge in [0.25, 0.3) is 5.65 Å². The van der Waals surface area contributed by atoms with E-state index in [4.69, 9.17) is 0 Å². The van der Waals surface area contributed by atoms with Crippen LogP contribution in [0.3, 0.4) is 0 Å². The van der Waals surface area contributed by atoms with Gasteiger partial charge in [-0.05, 0) is 18.2 Å². The van der Waals surface area contributed by atoms with E-state index in [0.717, 1.165) is 16.9 Å². The molecule has 3 heterocycles. The number of benzene rings is 1. The van der Waals surface area contributed by atoms with Crippen molar-refractivity contribution in [2.24, 2.45) is 0 Å². The van der Waals surface area contributed by atoms with Gasteiger partial charge in [0, 0.05) is 22.5 Å². The number of nitrogens with one attached hydrogen (secondary N) is 1. The molecule has 0 aliphatic heterocycles. The number of para-hydroxylation sites is 1. The van der Waals surface area contributed by atoms with Gasteiger partial charge < -0.3 is 0 Å². The van der Waals surface area contributed by atoms with Crippen LogP contribution in [0, 0.1) is 0 Å². The summed E-state index contributed by atoms with van der Waals surface area (Å²) in [7, 11) is 0. The van der Waals surface area contributed by atoms with Gasteiger partial charge in [0.1, 0.15) is 6.20 Å². The second kappa shape index (κ2) is 5.22. The van der Waals surface area contributed by atoms with Gasteiger partial charge in [-0.2, -0.15) is 0 Å². The van der Waals surface area contributed by atoms with E-state index in [-0.39, 0.29) is 0 Å². The Morgan fingerprint density at radius 3 is 2.95 bits per heavy atom. The summed E-state index contributed by atoms with van der Waals surface area (Å²) in [4.78, 5) is 9.15. The predicted molar refractivity (Wildman–Crippen MR) is 85.3 cm³/mol. The molecule has 0 saturated heterocycles. The number of aromatic amines is 1. The smallest absolute Gasteiger partial charge is 0.255 e. The third-order valence-electron chi connectivity index (χ3n) is 3.45. The van der Waals surface area contributed by atoms with Crippen LogP contribution in [0.5, 0.6) is 0 Å². The summed E-state index contributed by atoms with van der Waals surface area (Å²) >= 11 is 1.81. The molecule has 0 aliphatic rings. The van der Waals surface area contributed by atoms with E-state index in [2.05, 4.69) is 57.1 Å². The summed E-state index contributed by atoms with van der Waals surface area (Å²) in [5.41, 5.74) is 3.40. The van der Waals surface area contributed by atoms with Gasteiger partial charge in [0.15, 0.2) is 5.69 Å². The van der Waals surface area contributed by atoms with Crippen molar-refractivity contribution in [2.75, 3.05) is 0 Å². The molecule has 0 radical (unpaired) electrons. The normalized spacial score (nSPS) is 11.2. The lowest BCUT2D eigenvalue weighted by molar-refractivity contribution is -0.510. The average Bonchev–Trinajstić information content (AvgIpc) is 2.96. The van der Waals surface area contributed by atoms with Crippen LogP contribution in [0.4, 0.5) is 0 Å². The molecule has 4 heteroatoms. The number of rotatable bonds is 3. The largest absolute Gasteiger partial charge is 0.284 e. The molecule has 4 aromatic rings. The Hall–Kier alpha value is -2.33. The molecule has 0 amide bonds. The van der Waals surface area contributed by atoms with Crippen molar-refractivity contribution in [3.63, 3.8) is 0 Å². The quantitative estimate of drug-likeness (QED) is 0.462. The number of pyridine rings is 2. The zero-order valence-corrected chi connectivity index (χ0v) is 12.2. The molecule has 0 aliphatic carbocycles. The third-order valence-corrected chi connectivity index (χ3v) is 4.55. The van der Waals surface area contributed by atoms with E-state index in [1.165, 1.54) is 16.0 Å². The van der Waals surface area contributed by atoms with Crippen molar-refractivity contribution in [1.82, 2.24) is 9.97 Å². The second-order valence-electron chi connectivity index (χ2n) is 4.89. The molecule has 4 rings (SSSR count). The highest BCUT2D eigenvalue weighted by atomic mass is 32.2. The van der Waals surface area contributed by atoms with Crippen molar-refractivity contribution in [1.29, 1.82) is 0 Å². The molecular formula is C17H14N3S+. The van der Waals surface area contributed by atoms with Gasteiger partial charge in [-0.25, -0.2) is 9.38 Å². The maximum absolute atomic E-state index is 4.50. The molecule has 1 aromatic carbocycles. The first-order valence-corrected chi connectivity index (χ1v) is 7.83. The second-order valence-corrected chi connectivity index (χ2v) is 5.91. The maximum atomic E-state index is 4.50. The van der Waals surface area contributed by atoms with Crippen LogP contribution in [0.15, 0.2) is 72.0 Å². The molecule has 0 bridgehead atoms. The molecule has 0 unspecified atom stereocenters. The lowest BCUT2D eigenvalue weighted by atomic mass is 10.2. The number of hydrogen-bond donors (Lipinski definition) is 1. The van der Waals surface area contributed by atoms with Crippen molar-refractivity contribution in [3.05, 3.63) is 72.8 Å². The molecule has 0 atom stereocenters. The van der Waals surface area contributed by atoms with Crippen LogP contribution in [0.25, 0.3) is 16.6 Å². The molecule has 0 fully saturated rings. The Kier molecular flexibility index (Phi) is 3.09. The highest BCUT2D eigenvalue weighted by Gasteiger charge is 2.09. The van der Waals surface area contributed by atoms with Gasteiger partial charge in [-0.3, -0.25) is 4.98 Å². The van der Waals surface area contributed by atoms with Crippen molar-refractivity contribution >= 4 is 28.3 Å². The number of fused-ring (bicyclic) bond motifs is 2. The monoisotopic (exact) mass is 292 g/mol. The number of aromatic nitrogens is 3. The van der Waals surface area contributed by atoms with Crippen molar-refractivity contribution in [3.8, 4) is 0 Å². The van der Waals surface area contributed by atoms with Crippen LogP contribution in [0.2, 0.25) is 0 Å². The fourth-order valence-electron chi connectivity index (χ4n) is 2.46. The van der Waals surface area contributed by atoms with E-state index in [1.807, 2.05) is 36.2 Å². The maximum Gasteiger partial charge on any atom is 0.284 e. The van der Waals surface area contributed by atoms with Gasteiger partial charge in [-0.15, -0.1) is 11.8 Å². The Balaban J connectivity index is 1.63. The first-order chi connectivity index (χ1) is 10.4. The van der Waals surface area contributed by atoms with Gasteiger partial charge in [0.2, 0.25) is 0 Å². The minimum Gasteiger partial charge on any atom is -0.255 e. The minimum atomic E-state index is 0.900. The molecular weight excluding hydrogens is 278 g/mol. The molecule has 3 aromatic heterocycles. The highest BCUT2D eigenvalue weighted by Crippen LogP contribution is 2.28. The fourth-order valence-corrected chi connectivity index (χ4v) is 3.40. The first kappa shape index (κ1) is 12.4. The summed E-state index contributed by atoms with van der Waals surface area (Å²) in [6.07, 6.45) is 6.05. The number of nitrogens with zero attached hydrogens (tertiary/aromatic N) is 2. The Bertz CT molecular complexity index is 876. The standard InChI is InChI=1S/C17H13N3S/c1-2-10-20-11-14(19-16(20)8-1)12-21-15-7-3-5-13-6-4-9-18-17(13)15/h1-11H,12H2/p+1. The van der Waals surface area contributed by atoms with Gasteiger partial charge >= 0.3 is 0 Å². The van der Waals surface area contributed by atoms with Crippen LogP contribution in [0.1, 0.15) is 5.69 Å². The van der Waals surface area contributed by atoms with Gasteiger partial charge in [0.05, 0.1) is 17.5 Å². The van der Waals surface area contributed by atoms with E-state index < -0.39 is 0 Å². The Labute approximate surface area is 126 Å². The van der Waals surface area contributed by atoms with Crippen LogP contribution in [-0.2, 0) is 5.75 Å². The zero-order valence-electron chi connectivity index (χ0n) is 11.4. The summed E-state index contributed by atoms with van der Waals surface area (Å²) < 4.78 is 2.11. The van der Waals surface area contributed by atoms with E-state index in [1.54, 1.807) is 0 Å². The van der Waals surface area contributed by atoms with E-state index >= 15 is 0 Å². The number of hydrogen-bond acceptors (Lipinski definition) is 2. The predicted octanol–water partition coefficient (Wildman–Crippen LogP) is 3.59. The summed E-state index contributed by atoms with van der Waals surface area (Å²) in [5.74, 6) is 0.900. The van der Waals surface area contributed by atoms with Crippen molar-refractivity contribution in [2.45, 2.75) is 10.6 Å². The van der Waals surface area contributed by atoms with Crippen LogP contribution >= 0.6 is 11.8 Å². The molecule has 21 heavy (non-hydrogen) atoms. The minimum absolute atomic E-state index is 0.900. The summed E-state index contributed by atoms with van der Waals surface area (Å²) in [5, 5.41) is 1.19. The Morgan fingerprint density at radius 2 is 2.00 bits per heavy atom. The topological polar surface area (TPSA) is 32.8 Å². The molecule has 1 N–H and O–H groups in total. The highest BCUT2D eigenvalue weighted by molar-refractivity contribution is 7.98. The summed E-state index contributed by atoms with van der Waals surface area (Å²) in [6.45, 7) is 0. The van der Waals surface area contributed by atoms with Crippen LogP contribution in [-0.4, -0.2) is 9.97 Å². The van der Waals surface area contributed by atoms with Crippen LogP contribution < -0.4 is 4.40 Å². The Morgan fingerprint density at radius 1 is 1.05 bits per heavy atom. The third kappa shape index (κ3) is 2.38. The first-order valence-electron chi connectivity index (χ1n) is 6.84. The molecule has 102 valence electrons. The summed E-state index contributed by atoms with van der Waals surface area (Å²) in [6, 6.07) is 16.6. The molecule has 0 spiro atoms. The van der Waals surface area contributed by atoms with Gasteiger partial charge in [-0.1, -0.05) is 24.3 Å². The lowest BCUT2D eigenvalue weighted by Gasteiger charge is -2.03. The van der Waals surface area contributed by atoms with Crippen molar-refractivity contribution < 1.29 is 4.40 Å². The average molecular weight is 292 g/mol. The SMILES string of the molecule is c1cnc2c(SCc3c[n+]4ccccc4[nH]3)cccc2c1. The lowest BCUT2D eigenvalue weighted by Crippen LogP contribution is -2.16. The number of H-pyrrole nitrogens is 1. The number of imidazole rings is 1. The number of thioether (sulfide) groups is 1. The molecule has 3 nitrogen and oxygen atoms in total. The fraction of sp³-hybridized carbons (Fsp3) is 0.0588. The van der Waals surface area contributed by atoms with E-state index in [9.17, 15) is 0 Å². The van der Waals surface area contributed by atoms with E-state index in [0.29, 0.717) is 0 Å². The molecule has 0 saturated carbocycles.